The Balaban J connectivity index is 1.73. The standard InChI is InChI=1S/C16H19NO/c18-16-15-9-5-4-8-14(15)10-11-17(16)12-13-6-2-1-3-7-13/h1-3,5-7,9,14-15H,4,8,10-12H2/t14-,15-/m0/s1. The largest absolute Gasteiger partial charge is 0.338 e. The van der Waals surface area contributed by atoms with Crippen LogP contribution in [0, 0.1) is 11.8 Å². The van der Waals surface area contributed by atoms with Crippen LogP contribution >= 0.6 is 0 Å². The molecule has 1 aromatic rings. The maximum Gasteiger partial charge on any atom is 0.230 e. The van der Waals surface area contributed by atoms with E-state index in [1.807, 2.05) is 23.1 Å². The Morgan fingerprint density at radius 1 is 1.17 bits per heavy atom. The summed E-state index contributed by atoms with van der Waals surface area (Å²) < 4.78 is 0. The molecule has 2 nitrogen and oxygen atoms in total. The Hall–Kier alpha value is -1.57. The van der Waals surface area contributed by atoms with Crippen molar-refractivity contribution < 1.29 is 4.79 Å². The molecule has 0 saturated carbocycles. The highest BCUT2D eigenvalue weighted by Gasteiger charge is 2.35. The number of carbonyl (C=O) groups is 1. The van der Waals surface area contributed by atoms with Gasteiger partial charge in [0, 0.05) is 13.1 Å². The average molecular weight is 241 g/mol. The van der Waals surface area contributed by atoms with Crippen molar-refractivity contribution in [3.63, 3.8) is 0 Å². The molecule has 0 N–H and O–H groups in total. The minimum absolute atomic E-state index is 0.149. The molecule has 1 aliphatic heterocycles. The van der Waals surface area contributed by atoms with Gasteiger partial charge in [0.05, 0.1) is 5.92 Å². The van der Waals surface area contributed by atoms with Crippen molar-refractivity contribution in [2.45, 2.75) is 25.8 Å². The molecule has 1 fully saturated rings. The van der Waals surface area contributed by atoms with Gasteiger partial charge in [0.15, 0.2) is 0 Å². The Labute approximate surface area is 108 Å². The molecule has 0 radical (unpaired) electrons. The van der Waals surface area contributed by atoms with Gasteiger partial charge in [-0.2, -0.15) is 0 Å². The molecule has 1 aliphatic carbocycles. The number of allylic oxidation sites excluding steroid dienone is 1. The molecule has 3 rings (SSSR count). The molecular formula is C16H19NO. The van der Waals surface area contributed by atoms with E-state index in [-0.39, 0.29) is 5.92 Å². The van der Waals surface area contributed by atoms with E-state index < -0.39 is 0 Å². The summed E-state index contributed by atoms with van der Waals surface area (Å²) in [5.41, 5.74) is 1.23. The summed E-state index contributed by atoms with van der Waals surface area (Å²) in [5.74, 6) is 1.07. The number of rotatable bonds is 2. The van der Waals surface area contributed by atoms with Crippen molar-refractivity contribution in [2.24, 2.45) is 11.8 Å². The van der Waals surface area contributed by atoms with Crippen molar-refractivity contribution in [3.05, 3.63) is 48.0 Å². The number of carbonyl (C=O) groups excluding carboxylic acids is 1. The summed E-state index contributed by atoms with van der Waals surface area (Å²) in [6.07, 6.45) is 7.80. The van der Waals surface area contributed by atoms with E-state index in [0.29, 0.717) is 11.8 Å². The molecule has 1 aromatic carbocycles. The van der Waals surface area contributed by atoms with Crippen LogP contribution < -0.4 is 0 Å². The van der Waals surface area contributed by atoms with Crippen molar-refractivity contribution in [1.82, 2.24) is 4.90 Å². The van der Waals surface area contributed by atoms with Crippen LogP contribution in [0.25, 0.3) is 0 Å². The second kappa shape index (κ2) is 4.97. The third kappa shape index (κ3) is 2.20. The van der Waals surface area contributed by atoms with Crippen LogP contribution in [0.3, 0.4) is 0 Å². The number of amides is 1. The van der Waals surface area contributed by atoms with Crippen LogP contribution in [0.4, 0.5) is 0 Å². The fourth-order valence-corrected chi connectivity index (χ4v) is 3.10. The molecule has 1 saturated heterocycles. The fraction of sp³-hybridized carbons (Fsp3) is 0.438. The second-order valence-electron chi connectivity index (χ2n) is 5.33. The molecule has 2 heteroatoms. The molecule has 0 unspecified atom stereocenters. The first-order valence-electron chi connectivity index (χ1n) is 6.84. The molecule has 1 heterocycles. The van der Waals surface area contributed by atoms with Gasteiger partial charge in [-0.05, 0) is 30.7 Å². The Bertz CT molecular complexity index is 451. The van der Waals surface area contributed by atoms with Crippen molar-refractivity contribution in [2.75, 3.05) is 6.54 Å². The van der Waals surface area contributed by atoms with Gasteiger partial charge in [-0.25, -0.2) is 0 Å². The topological polar surface area (TPSA) is 20.3 Å². The average Bonchev–Trinajstić information content (AvgIpc) is 2.43. The highest BCUT2D eigenvalue weighted by molar-refractivity contribution is 5.81. The van der Waals surface area contributed by atoms with Gasteiger partial charge in [-0.15, -0.1) is 0 Å². The van der Waals surface area contributed by atoms with Crippen LogP contribution in [-0.2, 0) is 11.3 Å². The van der Waals surface area contributed by atoms with Crippen LogP contribution in [0.5, 0.6) is 0 Å². The van der Waals surface area contributed by atoms with Gasteiger partial charge < -0.3 is 4.90 Å². The summed E-state index contributed by atoms with van der Waals surface area (Å²) in [4.78, 5) is 14.5. The van der Waals surface area contributed by atoms with Crippen molar-refractivity contribution >= 4 is 5.91 Å². The van der Waals surface area contributed by atoms with E-state index in [9.17, 15) is 4.79 Å². The maximum absolute atomic E-state index is 12.4. The molecule has 2 aliphatic rings. The zero-order chi connectivity index (χ0) is 12.4. The molecule has 2 atom stereocenters. The first-order valence-corrected chi connectivity index (χ1v) is 6.84. The van der Waals surface area contributed by atoms with E-state index in [1.165, 1.54) is 12.0 Å². The van der Waals surface area contributed by atoms with Gasteiger partial charge in [-0.3, -0.25) is 4.79 Å². The zero-order valence-electron chi connectivity index (χ0n) is 10.6. The fourth-order valence-electron chi connectivity index (χ4n) is 3.10. The highest BCUT2D eigenvalue weighted by Crippen LogP contribution is 2.33. The lowest BCUT2D eigenvalue weighted by molar-refractivity contribution is -0.140. The number of fused-ring (bicyclic) bond motifs is 1. The first kappa shape index (κ1) is 11.5. The smallest absolute Gasteiger partial charge is 0.230 e. The molecule has 18 heavy (non-hydrogen) atoms. The third-order valence-electron chi connectivity index (χ3n) is 4.14. The van der Waals surface area contributed by atoms with Crippen molar-refractivity contribution in [3.8, 4) is 0 Å². The van der Waals surface area contributed by atoms with E-state index in [4.69, 9.17) is 0 Å². The van der Waals surface area contributed by atoms with Crippen molar-refractivity contribution in [1.29, 1.82) is 0 Å². The van der Waals surface area contributed by atoms with Gasteiger partial charge in [0.1, 0.15) is 0 Å². The van der Waals surface area contributed by atoms with Crippen LogP contribution in [0.1, 0.15) is 24.8 Å². The lowest BCUT2D eigenvalue weighted by atomic mass is 9.78. The number of piperidine rings is 1. The Morgan fingerprint density at radius 2 is 2.00 bits per heavy atom. The Kier molecular flexibility index (Phi) is 3.18. The molecule has 0 aromatic heterocycles. The number of nitrogens with zero attached hydrogens (tertiary/aromatic N) is 1. The predicted molar refractivity (Wildman–Crippen MR) is 71.8 cm³/mol. The molecule has 94 valence electrons. The molecule has 0 bridgehead atoms. The quantitative estimate of drug-likeness (QED) is 0.729. The normalized spacial score (nSPS) is 27.1. The minimum Gasteiger partial charge on any atom is -0.338 e. The monoisotopic (exact) mass is 241 g/mol. The zero-order valence-corrected chi connectivity index (χ0v) is 10.6. The predicted octanol–water partition coefficient (Wildman–Crippen LogP) is 3.00. The number of hydrogen-bond acceptors (Lipinski definition) is 1. The summed E-state index contributed by atoms with van der Waals surface area (Å²) in [6, 6.07) is 10.3. The van der Waals surface area contributed by atoms with E-state index >= 15 is 0 Å². The summed E-state index contributed by atoms with van der Waals surface area (Å²) in [5, 5.41) is 0. The summed E-state index contributed by atoms with van der Waals surface area (Å²) in [7, 11) is 0. The number of likely N-dealkylation sites (tertiary alicyclic amines) is 1. The number of benzene rings is 1. The second-order valence-corrected chi connectivity index (χ2v) is 5.33. The Morgan fingerprint density at radius 3 is 2.83 bits per heavy atom. The maximum atomic E-state index is 12.4. The van der Waals surface area contributed by atoms with E-state index in [2.05, 4.69) is 24.3 Å². The minimum atomic E-state index is 0.149. The number of hydrogen-bond donors (Lipinski definition) is 0. The van der Waals surface area contributed by atoms with Crippen LogP contribution in [0.2, 0.25) is 0 Å². The summed E-state index contributed by atoms with van der Waals surface area (Å²) in [6.45, 7) is 1.68. The van der Waals surface area contributed by atoms with Gasteiger partial charge >= 0.3 is 0 Å². The van der Waals surface area contributed by atoms with Gasteiger partial charge in [0.25, 0.3) is 0 Å². The van der Waals surface area contributed by atoms with Gasteiger partial charge in [-0.1, -0.05) is 42.5 Å². The van der Waals surface area contributed by atoms with Gasteiger partial charge in [0.2, 0.25) is 5.91 Å². The van der Waals surface area contributed by atoms with E-state index in [1.54, 1.807) is 0 Å². The molecule has 0 spiro atoms. The highest BCUT2D eigenvalue weighted by atomic mass is 16.2. The third-order valence-corrected chi connectivity index (χ3v) is 4.14. The lowest BCUT2D eigenvalue weighted by Crippen LogP contribution is -2.45. The van der Waals surface area contributed by atoms with Crippen LogP contribution in [0.15, 0.2) is 42.5 Å². The molecule has 1 amide bonds. The lowest BCUT2D eigenvalue weighted by Gasteiger charge is -2.38. The molecular weight excluding hydrogens is 222 g/mol. The first-order chi connectivity index (χ1) is 8.84. The van der Waals surface area contributed by atoms with Crippen LogP contribution in [-0.4, -0.2) is 17.4 Å². The summed E-state index contributed by atoms with van der Waals surface area (Å²) >= 11 is 0. The van der Waals surface area contributed by atoms with E-state index in [0.717, 1.165) is 25.9 Å². The SMILES string of the molecule is O=C1[C@H]2C=CCC[C@H]2CCN1Cc1ccccc1.